The van der Waals surface area contributed by atoms with E-state index in [4.69, 9.17) is 9.97 Å². The van der Waals surface area contributed by atoms with Gasteiger partial charge in [-0.3, -0.25) is 4.57 Å². The van der Waals surface area contributed by atoms with Crippen LogP contribution in [0.25, 0.3) is 50.1 Å². The van der Waals surface area contributed by atoms with Crippen LogP contribution in [0.3, 0.4) is 0 Å². The van der Waals surface area contributed by atoms with E-state index < -0.39 is 8.07 Å². The van der Waals surface area contributed by atoms with Crippen molar-refractivity contribution in [1.82, 2.24) is 14.5 Å². The number of aromatic nitrogens is 3. The minimum absolute atomic E-state index is 0.753. The maximum atomic E-state index is 5.36. The van der Waals surface area contributed by atoms with E-state index in [0.29, 0.717) is 0 Å². The Morgan fingerprint density at radius 3 is 1.91 bits per heavy atom. The summed E-state index contributed by atoms with van der Waals surface area (Å²) in [6.07, 6.45) is 0. The van der Waals surface area contributed by atoms with Crippen molar-refractivity contribution in [3.63, 3.8) is 0 Å². The Bertz CT molecular complexity index is 1680. The normalized spacial score (nSPS) is 13.8. The zero-order valence-corrected chi connectivity index (χ0v) is 20.2. The Morgan fingerprint density at radius 2 is 1.21 bits per heavy atom. The number of nitrogens with zero attached hydrogens (tertiary/aromatic N) is 3. The Kier molecular flexibility index (Phi) is 4.00. The van der Waals surface area contributed by atoms with Crippen molar-refractivity contribution in [2.24, 2.45) is 0 Å². The third-order valence-corrected chi connectivity index (χ3v) is 10.5. The molecule has 34 heavy (non-hydrogen) atoms. The topological polar surface area (TPSA) is 30.7 Å². The highest BCUT2D eigenvalue weighted by Gasteiger charge is 2.41. The van der Waals surface area contributed by atoms with Gasteiger partial charge in [-0.1, -0.05) is 104 Å². The van der Waals surface area contributed by atoms with Gasteiger partial charge < -0.3 is 0 Å². The Balaban J connectivity index is 1.63. The molecule has 0 bridgehead atoms. The average molecular weight is 454 g/mol. The second-order valence-electron chi connectivity index (χ2n) is 9.50. The summed E-state index contributed by atoms with van der Waals surface area (Å²) in [4.78, 5) is 10.7. The summed E-state index contributed by atoms with van der Waals surface area (Å²) in [7, 11) is -1.99. The summed E-state index contributed by atoms with van der Waals surface area (Å²) in [5.41, 5.74) is 6.93. The van der Waals surface area contributed by atoms with Crippen LogP contribution in [0.4, 0.5) is 0 Å². The number of benzene rings is 4. The summed E-state index contributed by atoms with van der Waals surface area (Å²) >= 11 is 0. The highest BCUT2D eigenvalue weighted by molar-refractivity contribution is 7.03. The lowest BCUT2D eigenvalue weighted by molar-refractivity contribution is 1.01. The van der Waals surface area contributed by atoms with Gasteiger partial charge in [-0.15, -0.1) is 0 Å². The van der Waals surface area contributed by atoms with Crippen LogP contribution in [0.2, 0.25) is 13.1 Å². The zero-order chi connectivity index (χ0) is 22.9. The van der Waals surface area contributed by atoms with Crippen LogP contribution >= 0.6 is 0 Å². The third-order valence-electron chi connectivity index (χ3n) is 7.19. The van der Waals surface area contributed by atoms with Crippen LogP contribution in [-0.4, -0.2) is 22.6 Å². The molecule has 7 rings (SSSR count). The van der Waals surface area contributed by atoms with Crippen LogP contribution in [-0.2, 0) is 0 Å². The molecule has 1 aliphatic heterocycles. The minimum atomic E-state index is -1.99. The van der Waals surface area contributed by atoms with Gasteiger partial charge in [0.05, 0.1) is 16.7 Å². The van der Waals surface area contributed by atoms with Gasteiger partial charge in [-0.05, 0) is 22.9 Å². The van der Waals surface area contributed by atoms with Crippen molar-refractivity contribution in [2.45, 2.75) is 13.1 Å². The first-order chi connectivity index (χ1) is 16.6. The van der Waals surface area contributed by atoms with E-state index in [0.717, 1.165) is 28.2 Å². The van der Waals surface area contributed by atoms with Gasteiger partial charge in [0.1, 0.15) is 8.07 Å². The van der Waals surface area contributed by atoms with Crippen LogP contribution in [0, 0.1) is 0 Å². The van der Waals surface area contributed by atoms with Gasteiger partial charge in [0.25, 0.3) is 0 Å². The second kappa shape index (κ2) is 6.99. The fourth-order valence-corrected chi connectivity index (χ4v) is 8.48. The zero-order valence-electron chi connectivity index (χ0n) is 19.2. The molecular formula is C30H23N3Si. The number of para-hydroxylation sites is 2. The fraction of sp³-hybridized carbons (Fsp3) is 0.0667. The van der Waals surface area contributed by atoms with Crippen molar-refractivity contribution in [1.29, 1.82) is 0 Å². The molecule has 0 saturated heterocycles. The lowest BCUT2D eigenvalue weighted by Gasteiger charge is -2.19. The summed E-state index contributed by atoms with van der Waals surface area (Å²) in [5, 5.41) is 5.11. The first-order valence-electron chi connectivity index (χ1n) is 11.7. The van der Waals surface area contributed by atoms with Crippen molar-refractivity contribution in [2.75, 3.05) is 0 Å². The lowest BCUT2D eigenvalue weighted by atomic mass is 10.0. The van der Waals surface area contributed by atoms with Crippen LogP contribution in [0.5, 0.6) is 0 Å². The van der Waals surface area contributed by atoms with Gasteiger partial charge in [0.15, 0.2) is 0 Å². The Labute approximate surface area is 199 Å². The molecule has 3 heterocycles. The molecular weight excluding hydrogens is 430 g/mol. The van der Waals surface area contributed by atoms with Gasteiger partial charge in [0.2, 0.25) is 5.95 Å². The predicted octanol–water partition coefficient (Wildman–Crippen LogP) is 6.04. The molecule has 4 heteroatoms. The summed E-state index contributed by atoms with van der Waals surface area (Å²) in [5.74, 6) is 0.753. The number of hydrogen-bond acceptors (Lipinski definition) is 2. The van der Waals surface area contributed by atoms with E-state index in [1.165, 1.54) is 32.4 Å². The molecule has 0 atom stereocenters. The first-order valence-corrected chi connectivity index (χ1v) is 14.7. The molecule has 0 amide bonds. The number of fused-ring (bicyclic) bond motifs is 6. The van der Waals surface area contributed by atoms with Crippen LogP contribution < -0.4 is 10.5 Å². The molecule has 6 aromatic rings. The molecule has 0 spiro atoms. The Morgan fingerprint density at radius 1 is 0.618 bits per heavy atom. The highest BCUT2D eigenvalue weighted by atomic mass is 28.3. The maximum absolute atomic E-state index is 5.36. The molecule has 0 aliphatic carbocycles. The largest absolute Gasteiger partial charge is 0.278 e. The van der Waals surface area contributed by atoms with Crippen molar-refractivity contribution < 1.29 is 0 Å². The summed E-state index contributed by atoms with van der Waals surface area (Å²) in [6.45, 7) is 4.82. The molecule has 1 aliphatic rings. The predicted molar refractivity (Wildman–Crippen MR) is 144 cm³/mol. The smallest absolute Gasteiger partial charge is 0.235 e. The Hall–Kier alpha value is -4.02. The number of hydrogen-bond donors (Lipinski definition) is 0. The van der Waals surface area contributed by atoms with Crippen molar-refractivity contribution in [3.05, 3.63) is 103 Å². The van der Waals surface area contributed by atoms with Crippen molar-refractivity contribution >= 4 is 40.4 Å². The lowest BCUT2D eigenvalue weighted by Crippen LogP contribution is -2.51. The van der Waals surface area contributed by atoms with Gasteiger partial charge in [-0.25, -0.2) is 9.97 Å². The standard InChI is InChI=1S/C30H23N3Si/c1-34(2)26-19-11-8-16-23(26)27-28(20-12-4-3-5-13-20)31-30(32-29(27)34)33-24-17-9-6-14-21(24)22-15-7-10-18-25(22)33/h3-19H,1-2H3. The maximum Gasteiger partial charge on any atom is 0.235 e. The molecule has 2 aromatic heterocycles. The molecule has 0 N–H and O–H groups in total. The monoisotopic (exact) mass is 453 g/mol. The molecule has 0 fully saturated rings. The quantitative estimate of drug-likeness (QED) is 0.299. The summed E-state index contributed by atoms with van der Waals surface area (Å²) in [6, 6.07) is 36.5. The fourth-order valence-electron chi connectivity index (χ4n) is 5.57. The van der Waals surface area contributed by atoms with Gasteiger partial charge in [-0.2, -0.15) is 0 Å². The van der Waals surface area contributed by atoms with E-state index in [1.807, 2.05) is 0 Å². The van der Waals surface area contributed by atoms with Crippen molar-refractivity contribution in [3.8, 4) is 28.3 Å². The molecule has 162 valence electrons. The molecule has 4 aromatic carbocycles. The SMILES string of the molecule is C[Si]1(C)c2ccccc2-c2c(-c3ccccc3)nc(-n3c4ccccc4c4ccccc43)nc21. The van der Waals surface area contributed by atoms with E-state index in [9.17, 15) is 0 Å². The average Bonchev–Trinajstić information content (AvgIpc) is 3.34. The first kappa shape index (κ1) is 19.4. The van der Waals surface area contributed by atoms with Crippen LogP contribution in [0.15, 0.2) is 103 Å². The van der Waals surface area contributed by atoms with Gasteiger partial charge in [0, 0.05) is 27.2 Å². The van der Waals surface area contributed by atoms with E-state index in [2.05, 4.69) is 121 Å². The molecule has 3 nitrogen and oxygen atoms in total. The molecule has 0 saturated carbocycles. The van der Waals surface area contributed by atoms with Crippen LogP contribution in [0.1, 0.15) is 0 Å². The minimum Gasteiger partial charge on any atom is -0.278 e. The summed E-state index contributed by atoms with van der Waals surface area (Å²) < 4.78 is 2.24. The highest BCUT2D eigenvalue weighted by Crippen LogP contribution is 2.37. The molecule has 0 unspecified atom stereocenters. The van der Waals surface area contributed by atoms with E-state index in [1.54, 1.807) is 0 Å². The third kappa shape index (κ3) is 2.57. The number of rotatable bonds is 2. The van der Waals surface area contributed by atoms with Gasteiger partial charge >= 0.3 is 0 Å². The van der Waals surface area contributed by atoms with E-state index in [-0.39, 0.29) is 0 Å². The van der Waals surface area contributed by atoms with E-state index >= 15 is 0 Å². The molecule has 0 radical (unpaired) electrons. The second-order valence-corrected chi connectivity index (χ2v) is 13.8.